The lowest BCUT2D eigenvalue weighted by Crippen LogP contribution is -2.73. The van der Waals surface area contributed by atoms with Gasteiger partial charge in [0.2, 0.25) is 0 Å². The quantitative estimate of drug-likeness (QED) is 0.501. The molecule has 0 aromatic carbocycles. The summed E-state index contributed by atoms with van der Waals surface area (Å²) in [6, 6.07) is 0. The number of rotatable bonds is 1. The minimum absolute atomic E-state index is 0.0549. The van der Waals surface area contributed by atoms with E-state index in [0.717, 1.165) is 38.5 Å². The zero-order chi connectivity index (χ0) is 20.2. The van der Waals surface area contributed by atoms with E-state index < -0.39 is 0 Å². The molecular formula is C24H32N2O3. The maximum Gasteiger partial charge on any atom is 0.302 e. The summed E-state index contributed by atoms with van der Waals surface area (Å²) in [4.78, 5) is 24.4. The fourth-order valence-corrected chi connectivity index (χ4v) is 8.97. The molecule has 29 heavy (non-hydrogen) atoms. The van der Waals surface area contributed by atoms with E-state index in [0.29, 0.717) is 36.0 Å². The van der Waals surface area contributed by atoms with Gasteiger partial charge < -0.3 is 4.74 Å². The van der Waals surface area contributed by atoms with Crippen LogP contribution in [0, 0.1) is 34.5 Å². The maximum absolute atomic E-state index is 13.0. The molecule has 8 atom stereocenters. The Morgan fingerprint density at radius 2 is 2.07 bits per heavy atom. The Labute approximate surface area is 172 Å². The van der Waals surface area contributed by atoms with Crippen molar-refractivity contribution in [3.63, 3.8) is 0 Å². The Morgan fingerprint density at radius 3 is 2.83 bits per heavy atom. The first-order valence-electron chi connectivity index (χ1n) is 11.5. The van der Waals surface area contributed by atoms with Gasteiger partial charge in [-0.2, -0.15) is 5.10 Å². The van der Waals surface area contributed by atoms with Crippen molar-refractivity contribution in [1.29, 1.82) is 0 Å². The Hall–Kier alpha value is -1.65. The molecule has 0 aromatic rings. The zero-order valence-electron chi connectivity index (χ0n) is 17.8. The van der Waals surface area contributed by atoms with Crippen molar-refractivity contribution < 1.29 is 14.3 Å². The lowest BCUT2D eigenvalue weighted by atomic mass is 9.45. The van der Waals surface area contributed by atoms with Gasteiger partial charge in [0.1, 0.15) is 11.6 Å². The highest BCUT2D eigenvalue weighted by molar-refractivity contribution is 6.02. The first kappa shape index (κ1) is 18.1. The molecule has 0 unspecified atom stereocenters. The van der Waals surface area contributed by atoms with Crippen LogP contribution in [0.25, 0.3) is 0 Å². The Bertz CT molecular complexity index is 864. The minimum atomic E-state index is -0.319. The number of hydrogen-bond acceptors (Lipinski definition) is 5. The molecule has 1 saturated heterocycles. The van der Waals surface area contributed by atoms with E-state index in [2.05, 4.69) is 36.2 Å². The summed E-state index contributed by atoms with van der Waals surface area (Å²) in [5.74, 6) is 2.55. The molecule has 0 N–H and O–H groups in total. The van der Waals surface area contributed by atoms with Gasteiger partial charge >= 0.3 is 5.97 Å². The summed E-state index contributed by atoms with van der Waals surface area (Å²) in [6.07, 6.45) is 12.2. The van der Waals surface area contributed by atoms with E-state index in [9.17, 15) is 9.59 Å². The number of nitrogens with zero attached hydrogens (tertiary/aromatic N) is 2. The monoisotopic (exact) mass is 396 g/mol. The molecule has 156 valence electrons. The highest BCUT2D eigenvalue weighted by Crippen LogP contribution is 2.71. The van der Waals surface area contributed by atoms with Gasteiger partial charge in [-0.1, -0.05) is 25.5 Å². The topological polar surface area (TPSA) is 59.0 Å². The summed E-state index contributed by atoms with van der Waals surface area (Å²) in [5.41, 5.74) is 1.49. The molecule has 0 aromatic heterocycles. The SMILES string of the molecule is CC(=O)O[C@H]1CC[C@@]2(C)C(=CC[C@H]3[C@H]2CC[C@@]2(C)[C@@H]3C[C@H]3C=NN4CC(=O)[C@@]342)C1. The van der Waals surface area contributed by atoms with Crippen molar-refractivity contribution in [2.24, 2.45) is 39.6 Å². The van der Waals surface area contributed by atoms with Crippen LogP contribution in [-0.2, 0) is 14.3 Å². The molecule has 2 heterocycles. The summed E-state index contributed by atoms with van der Waals surface area (Å²) in [7, 11) is 0. The lowest BCUT2D eigenvalue weighted by molar-refractivity contribution is -0.171. The van der Waals surface area contributed by atoms with Crippen molar-refractivity contribution in [2.45, 2.75) is 77.4 Å². The van der Waals surface area contributed by atoms with E-state index in [1.54, 1.807) is 0 Å². The maximum atomic E-state index is 13.0. The number of esters is 1. The van der Waals surface area contributed by atoms with E-state index >= 15 is 0 Å². The average Bonchev–Trinajstić information content (AvgIpc) is 3.12. The van der Waals surface area contributed by atoms with Crippen molar-refractivity contribution in [3.05, 3.63) is 11.6 Å². The first-order chi connectivity index (χ1) is 13.8. The van der Waals surface area contributed by atoms with Crippen LogP contribution in [0.2, 0.25) is 0 Å². The molecule has 0 amide bonds. The third kappa shape index (κ3) is 1.96. The Balaban J connectivity index is 1.32. The zero-order valence-corrected chi connectivity index (χ0v) is 17.8. The smallest absolute Gasteiger partial charge is 0.302 e. The number of carbonyl (C=O) groups is 2. The number of carbonyl (C=O) groups excluding carboxylic acids is 2. The van der Waals surface area contributed by atoms with Gasteiger partial charge in [-0.25, -0.2) is 0 Å². The first-order valence-corrected chi connectivity index (χ1v) is 11.5. The standard InChI is InChI=1S/C24H32N2O3/c1-14(27)29-17-6-8-22(2)15(10-17)4-5-18-19(22)7-9-23(3)20(18)11-16-12-25-26-13-21(28)24(16,23)26/h4,12,16-20H,5-11,13H2,1-3H3/t16-,17-,18-,19+,20+,22-,23-,24+/m0/s1. The highest BCUT2D eigenvalue weighted by Gasteiger charge is 2.77. The molecule has 4 aliphatic carbocycles. The molecule has 5 nitrogen and oxygen atoms in total. The van der Waals surface area contributed by atoms with Crippen molar-refractivity contribution in [2.75, 3.05) is 6.54 Å². The van der Waals surface area contributed by atoms with Crippen LogP contribution in [0.5, 0.6) is 0 Å². The second kappa shape index (κ2) is 5.53. The van der Waals surface area contributed by atoms with Gasteiger partial charge in [0.15, 0.2) is 5.78 Å². The van der Waals surface area contributed by atoms with E-state index in [1.165, 1.54) is 18.9 Å². The molecule has 6 rings (SSSR count). The number of hydrazone groups is 1. The fourth-order valence-electron chi connectivity index (χ4n) is 8.97. The number of fused-ring (bicyclic) bond motifs is 5. The Morgan fingerprint density at radius 1 is 1.24 bits per heavy atom. The molecule has 0 radical (unpaired) electrons. The number of allylic oxidation sites excluding steroid dienone is 1. The van der Waals surface area contributed by atoms with Gasteiger partial charge in [0.05, 0.1) is 6.54 Å². The average molecular weight is 397 g/mol. The molecule has 3 saturated carbocycles. The van der Waals surface area contributed by atoms with Gasteiger partial charge in [0, 0.05) is 30.9 Å². The van der Waals surface area contributed by atoms with Crippen LogP contribution < -0.4 is 0 Å². The summed E-state index contributed by atoms with van der Waals surface area (Å²) in [6.45, 7) is 6.92. The summed E-state index contributed by atoms with van der Waals surface area (Å²) < 4.78 is 5.56. The number of hydrogen-bond donors (Lipinski definition) is 0. The number of Topliss-reactive ketones (excluding diaryl/α,β-unsaturated/α-hetero) is 1. The van der Waals surface area contributed by atoms with Gasteiger partial charge in [-0.05, 0) is 61.7 Å². The molecule has 5 heteroatoms. The van der Waals surface area contributed by atoms with Gasteiger partial charge in [-0.15, -0.1) is 0 Å². The lowest BCUT2D eigenvalue weighted by Gasteiger charge is -2.62. The van der Waals surface area contributed by atoms with Crippen LogP contribution >= 0.6 is 0 Å². The number of ether oxygens (including phenoxy) is 1. The highest BCUT2D eigenvalue weighted by atomic mass is 16.5. The second-order valence-electron chi connectivity index (χ2n) is 11.0. The fraction of sp³-hybridized carbons (Fsp3) is 0.792. The van der Waals surface area contributed by atoms with Gasteiger partial charge in [0.25, 0.3) is 0 Å². The molecular weight excluding hydrogens is 364 g/mol. The normalized spacial score (nSPS) is 51.8. The Kier molecular flexibility index (Phi) is 3.46. The van der Waals surface area contributed by atoms with E-state index in [4.69, 9.17) is 4.74 Å². The summed E-state index contributed by atoms with van der Waals surface area (Å²) in [5, 5.41) is 6.75. The molecule has 0 bridgehead atoms. The minimum Gasteiger partial charge on any atom is -0.462 e. The van der Waals surface area contributed by atoms with Crippen molar-refractivity contribution >= 4 is 18.0 Å². The second-order valence-corrected chi connectivity index (χ2v) is 11.0. The van der Waals surface area contributed by atoms with E-state index in [1.807, 2.05) is 0 Å². The third-order valence-corrected chi connectivity index (χ3v) is 10.2. The van der Waals surface area contributed by atoms with Crippen molar-refractivity contribution in [1.82, 2.24) is 5.01 Å². The van der Waals surface area contributed by atoms with Crippen LogP contribution in [0.4, 0.5) is 0 Å². The largest absolute Gasteiger partial charge is 0.462 e. The predicted octanol–water partition coefficient (Wildman–Crippen LogP) is 3.73. The number of ketones is 1. The summed E-state index contributed by atoms with van der Waals surface area (Å²) >= 11 is 0. The van der Waals surface area contributed by atoms with Crippen LogP contribution in [0.3, 0.4) is 0 Å². The van der Waals surface area contributed by atoms with Crippen LogP contribution in [-0.4, -0.2) is 41.2 Å². The van der Waals surface area contributed by atoms with Crippen LogP contribution in [0.15, 0.2) is 16.8 Å². The predicted molar refractivity (Wildman–Crippen MR) is 109 cm³/mol. The van der Waals surface area contributed by atoms with Crippen LogP contribution in [0.1, 0.15) is 65.7 Å². The van der Waals surface area contributed by atoms with Gasteiger partial charge in [-0.3, -0.25) is 14.6 Å². The molecule has 2 aliphatic heterocycles. The van der Waals surface area contributed by atoms with E-state index in [-0.39, 0.29) is 28.4 Å². The third-order valence-electron chi connectivity index (χ3n) is 10.2. The van der Waals surface area contributed by atoms with Crippen molar-refractivity contribution in [3.8, 4) is 0 Å². The molecule has 1 spiro atoms. The molecule has 4 fully saturated rings. The molecule has 6 aliphatic rings.